The second-order valence-corrected chi connectivity index (χ2v) is 6.19. The highest BCUT2D eigenvalue weighted by molar-refractivity contribution is 5.95. The lowest BCUT2D eigenvalue weighted by Gasteiger charge is -2.01. The number of rotatable bonds is 4. The van der Waals surface area contributed by atoms with E-state index >= 15 is 0 Å². The number of benzene rings is 2. The number of fused-ring (bicyclic) bond motifs is 1. The van der Waals surface area contributed by atoms with Crippen molar-refractivity contribution in [1.82, 2.24) is 25.4 Å². The molecular formula is C19H18FN5. The number of aromatic amines is 2. The fourth-order valence-electron chi connectivity index (χ4n) is 2.80. The van der Waals surface area contributed by atoms with Crippen molar-refractivity contribution in [2.45, 2.75) is 26.2 Å². The number of hydrogen-bond acceptors (Lipinski definition) is 3. The average Bonchev–Trinajstić information content (AvgIpc) is 3.28. The summed E-state index contributed by atoms with van der Waals surface area (Å²) in [4.78, 5) is 4.61. The van der Waals surface area contributed by atoms with Gasteiger partial charge in [-0.25, -0.2) is 9.37 Å². The summed E-state index contributed by atoms with van der Waals surface area (Å²) in [5, 5.41) is 15.7. The summed E-state index contributed by atoms with van der Waals surface area (Å²) in [6.45, 7) is 4.25. The lowest BCUT2D eigenvalue weighted by atomic mass is 10.1. The van der Waals surface area contributed by atoms with Crippen LogP contribution in [0, 0.1) is 5.82 Å². The second kappa shape index (κ2) is 6.12. The molecule has 0 aliphatic rings. The first-order valence-corrected chi connectivity index (χ1v) is 8.32. The summed E-state index contributed by atoms with van der Waals surface area (Å²) >= 11 is 0. The maximum Gasteiger partial charge on any atom is 0.181 e. The van der Waals surface area contributed by atoms with Crippen molar-refractivity contribution >= 4 is 10.9 Å². The summed E-state index contributed by atoms with van der Waals surface area (Å²) in [5.74, 6) is 1.64. The third-order valence-electron chi connectivity index (χ3n) is 4.52. The van der Waals surface area contributed by atoms with Gasteiger partial charge in [0.25, 0.3) is 0 Å². The minimum absolute atomic E-state index is 0.262. The molecule has 0 aliphatic heterocycles. The van der Waals surface area contributed by atoms with Crippen molar-refractivity contribution in [3.8, 4) is 22.6 Å². The maximum atomic E-state index is 13.2. The lowest BCUT2D eigenvalue weighted by molar-refractivity contribution is 0.628. The van der Waals surface area contributed by atoms with Gasteiger partial charge in [0, 0.05) is 22.4 Å². The molecule has 0 saturated carbocycles. The van der Waals surface area contributed by atoms with Gasteiger partial charge in [-0.2, -0.15) is 10.2 Å². The van der Waals surface area contributed by atoms with Crippen LogP contribution in [-0.4, -0.2) is 25.4 Å². The van der Waals surface area contributed by atoms with Crippen LogP contribution in [0.4, 0.5) is 4.39 Å². The molecule has 0 spiro atoms. The molecule has 0 fully saturated rings. The van der Waals surface area contributed by atoms with Gasteiger partial charge < -0.3 is 0 Å². The molecule has 0 aliphatic carbocycles. The Bertz CT molecular complexity index is 1020. The molecule has 0 radical (unpaired) electrons. The highest BCUT2D eigenvalue weighted by atomic mass is 19.1. The minimum atomic E-state index is -0.262. The number of aromatic nitrogens is 5. The Kier molecular flexibility index (Phi) is 3.80. The van der Waals surface area contributed by atoms with E-state index in [0.29, 0.717) is 11.7 Å². The van der Waals surface area contributed by atoms with Gasteiger partial charge in [0.05, 0.1) is 11.2 Å². The number of halogens is 1. The fraction of sp³-hybridized carbons (Fsp3) is 0.211. The van der Waals surface area contributed by atoms with Crippen molar-refractivity contribution in [3.05, 3.63) is 54.1 Å². The van der Waals surface area contributed by atoms with E-state index in [2.05, 4.69) is 39.2 Å². The van der Waals surface area contributed by atoms with Gasteiger partial charge in [0.1, 0.15) is 11.6 Å². The zero-order chi connectivity index (χ0) is 17.4. The van der Waals surface area contributed by atoms with Gasteiger partial charge in [-0.15, -0.1) is 0 Å². The van der Waals surface area contributed by atoms with Crippen LogP contribution >= 0.6 is 0 Å². The Morgan fingerprint density at radius 2 is 1.76 bits per heavy atom. The molecule has 6 heteroatoms. The minimum Gasteiger partial charge on any atom is -0.277 e. The van der Waals surface area contributed by atoms with E-state index in [4.69, 9.17) is 0 Å². The van der Waals surface area contributed by atoms with Crippen LogP contribution in [0.25, 0.3) is 33.5 Å². The van der Waals surface area contributed by atoms with Crippen LogP contribution in [0.5, 0.6) is 0 Å². The van der Waals surface area contributed by atoms with Crippen molar-refractivity contribution in [2.24, 2.45) is 0 Å². The summed E-state index contributed by atoms with van der Waals surface area (Å²) in [6, 6.07) is 12.3. The highest BCUT2D eigenvalue weighted by Crippen LogP contribution is 2.30. The number of H-pyrrole nitrogens is 2. The smallest absolute Gasteiger partial charge is 0.181 e. The normalized spacial score (nSPS) is 12.6. The summed E-state index contributed by atoms with van der Waals surface area (Å²) in [6.07, 6.45) is 1.00. The monoisotopic (exact) mass is 335 g/mol. The third-order valence-corrected chi connectivity index (χ3v) is 4.52. The predicted octanol–water partition coefficient (Wildman–Crippen LogP) is 4.67. The second-order valence-electron chi connectivity index (χ2n) is 6.19. The molecule has 4 aromatic rings. The molecule has 1 atom stereocenters. The van der Waals surface area contributed by atoms with Gasteiger partial charge >= 0.3 is 0 Å². The molecule has 2 aromatic carbocycles. The highest BCUT2D eigenvalue weighted by Gasteiger charge is 2.14. The summed E-state index contributed by atoms with van der Waals surface area (Å²) in [5.41, 5.74) is 3.48. The molecule has 126 valence electrons. The molecular weight excluding hydrogens is 317 g/mol. The van der Waals surface area contributed by atoms with Gasteiger partial charge in [-0.3, -0.25) is 10.2 Å². The summed E-state index contributed by atoms with van der Waals surface area (Å²) < 4.78 is 13.2. The van der Waals surface area contributed by atoms with Crippen LogP contribution in [-0.2, 0) is 0 Å². The number of hydrogen-bond donors (Lipinski definition) is 2. The van der Waals surface area contributed by atoms with E-state index in [0.717, 1.165) is 40.0 Å². The van der Waals surface area contributed by atoms with E-state index in [1.165, 1.54) is 12.1 Å². The third kappa shape index (κ3) is 2.80. The van der Waals surface area contributed by atoms with E-state index < -0.39 is 0 Å². The standard InChI is InChI=1S/C19H18FN5/c1-3-11(2)18-21-19(25-24-18)13-6-9-16-15(10-13)17(23-22-16)12-4-7-14(20)8-5-12/h4-11H,3H2,1-2H3,(H,22,23)(H,21,24,25). The van der Waals surface area contributed by atoms with Crippen LogP contribution in [0.2, 0.25) is 0 Å². The molecule has 1 unspecified atom stereocenters. The molecule has 0 saturated heterocycles. The average molecular weight is 335 g/mol. The predicted molar refractivity (Wildman–Crippen MR) is 95.6 cm³/mol. The van der Waals surface area contributed by atoms with Crippen LogP contribution in [0.1, 0.15) is 32.0 Å². The van der Waals surface area contributed by atoms with E-state index in [9.17, 15) is 4.39 Å². The van der Waals surface area contributed by atoms with Crippen molar-refractivity contribution in [3.63, 3.8) is 0 Å². The van der Waals surface area contributed by atoms with Gasteiger partial charge in [0.2, 0.25) is 0 Å². The van der Waals surface area contributed by atoms with Crippen LogP contribution in [0.3, 0.4) is 0 Å². The van der Waals surface area contributed by atoms with Crippen molar-refractivity contribution < 1.29 is 4.39 Å². The maximum absolute atomic E-state index is 13.2. The van der Waals surface area contributed by atoms with Crippen molar-refractivity contribution in [2.75, 3.05) is 0 Å². The molecule has 25 heavy (non-hydrogen) atoms. The van der Waals surface area contributed by atoms with Gasteiger partial charge in [-0.05, 0) is 48.9 Å². The van der Waals surface area contributed by atoms with Crippen LogP contribution in [0.15, 0.2) is 42.5 Å². The molecule has 2 aromatic heterocycles. The zero-order valence-corrected chi connectivity index (χ0v) is 14.0. The SMILES string of the molecule is CCC(C)c1nc(-c2ccc3[nH]nc(-c4ccc(F)cc4)c3c2)n[nH]1. The zero-order valence-electron chi connectivity index (χ0n) is 14.0. The van der Waals surface area contributed by atoms with E-state index in [1.54, 1.807) is 12.1 Å². The largest absolute Gasteiger partial charge is 0.277 e. The quantitative estimate of drug-likeness (QED) is 0.569. The first kappa shape index (κ1) is 15.5. The molecule has 2 N–H and O–H groups in total. The number of nitrogens with zero attached hydrogens (tertiary/aromatic N) is 3. The Morgan fingerprint density at radius 3 is 2.52 bits per heavy atom. The molecule has 5 nitrogen and oxygen atoms in total. The first-order chi connectivity index (χ1) is 12.2. The Balaban J connectivity index is 1.78. The molecule has 2 heterocycles. The van der Waals surface area contributed by atoms with Gasteiger partial charge in [-0.1, -0.05) is 13.8 Å². The van der Waals surface area contributed by atoms with Gasteiger partial charge in [0.15, 0.2) is 5.82 Å². The Hall–Kier alpha value is -3.02. The van der Waals surface area contributed by atoms with E-state index in [1.807, 2.05) is 18.2 Å². The van der Waals surface area contributed by atoms with Crippen molar-refractivity contribution in [1.29, 1.82) is 0 Å². The molecule has 0 amide bonds. The summed E-state index contributed by atoms with van der Waals surface area (Å²) in [7, 11) is 0. The van der Waals surface area contributed by atoms with E-state index in [-0.39, 0.29) is 5.82 Å². The topological polar surface area (TPSA) is 70.2 Å². The fourth-order valence-corrected chi connectivity index (χ4v) is 2.80. The van der Waals surface area contributed by atoms with Crippen LogP contribution < -0.4 is 0 Å². The Morgan fingerprint density at radius 1 is 1.00 bits per heavy atom. The molecule has 0 bridgehead atoms. The Labute approximate surface area is 144 Å². The first-order valence-electron chi connectivity index (χ1n) is 8.32. The lowest BCUT2D eigenvalue weighted by Crippen LogP contribution is -1.93. The molecule has 4 rings (SSSR count). The number of nitrogens with one attached hydrogen (secondary N) is 2.